The zero-order valence-electron chi connectivity index (χ0n) is 8.41. The minimum atomic E-state index is -1.87. The van der Waals surface area contributed by atoms with Crippen LogP contribution in [-0.4, -0.2) is 24.5 Å². The Labute approximate surface area is 116 Å². The molecule has 1 aromatic carbocycles. The number of rotatable bonds is 3. The van der Waals surface area contributed by atoms with Crippen LogP contribution in [0.3, 0.4) is 0 Å². The van der Waals surface area contributed by atoms with E-state index in [9.17, 15) is 4.79 Å². The molecule has 16 heavy (non-hydrogen) atoms. The van der Waals surface area contributed by atoms with Crippen molar-refractivity contribution in [3.8, 4) is 0 Å². The van der Waals surface area contributed by atoms with Crippen molar-refractivity contribution in [2.45, 2.75) is 9.61 Å². The summed E-state index contributed by atoms with van der Waals surface area (Å²) in [4.78, 5) is 11.5. The Morgan fingerprint density at radius 2 is 1.81 bits per heavy atom. The van der Waals surface area contributed by atoms with E-state index in [4.69, 9.17) is 34.8 Å². The quantitative estimate of drug-likeness (QED) is 0.465. The topological polar surface area (TPSA) is 17.1 Å². The van der Waals surface area contributed by atoms with E-state index in [0.717, 1.165) is 10.0 Å². The fourth-order valence-corrected chi connectivity index (χ4v) is 2.48. The summed E-state index contributed by atoms with van der Waals surface area (Å²) in [6.07, 6.45) is 1.42. The Kier molecular flexibility index (Phi) is 5.36. The number of carbonyl (C=O) groups is 1. The molecule has 1 rings (SSSR count). The second-order valence-electron chi connectivity index (χ2n) is 2.94. The van der Waals surface area contributed by atoms with Crippen molar-refractivity contribution in [3.05, 3.63) is 42.0 Å². The average molecular weight is 343 g/mol. The number of benzene rings is 1. The molecule has 0 aliphatic rings. The van der Waals surface area contributed by atoms with Crippen LogP contribution in [-0.2, 0) is 4.79 Å². The number of carbonyl (C=O) groups excluding carboxylic acids is 1. The van der Waals surface area contributed by atoms with Crippen molar-refractivity contribution in [1.82, 2.24) is 0 Å². The number of alkyl halides is 3. The molecule has 0 N–H and O–H groups in total. The van der Waals surface area contributed by atoms with E-state index in [2.05, 4.69) is 0 Å². The molecule has 0 spiro atoms. The van der Waals surface area contributed by atoms with Crippen molar-refractivity contribution < 1.29 is 4.79 Å². The fourth-order valence-electron chi connectivity index (χ4n) is 1.06. The molecule has 0 heterocycles. The van der Waals surface area contributed by atoms with E-state index < -0.39 is 9.58 Å². The third kappa shape index (κ3) is 4.12. The summed E-state index contributed by atoms with van der Waals surface area (Å²) in [6.45, 7) is 0. The molecule has 86 valence electrons. The molecule has 0 atom stereocenters. The zero-order chi connectivity index (χ0) is 12.2. The third-order valence-electron chi connectivity index (χ3n) is 1.82. The molecule has 1 aromatic rings. The molecule has 5 heteroatoms. The Balaban J connectivity index is 3.00. The second-order valence-corrected chi connectivity index (χ2v) is 7.00. The molecule has 0 amide bonds. The second kappa shape index (κ2) is 6.09. The third-order valence-corrected chi connectivity index (χ3v) is 4.04. The van der Waals surface area contributed by atoms with Gasteiger partial charge in [0.15, 0.2) is 0 Å². The molecule has 0 unspecified atom stereocenters. The summed E-state index contributed by atoms with van der Waals surface area (Å²) in [5, 5.41) is 0. The van der Waals surface area contributed by atoms with Gasteiger partial charge in [-0.25, -0.2) is 0 Å². The number of hydrogen-bond acceptors (Lipinski definition) is 1. The SMILES string of the molecule is C[Se]/C(=C/C(=O)C(Cl)(Cl)Cl)c1ccccc1. The molecule has 0 aliphatic heterocycles. The molecule has 0 saturated carbocycles. The van der Waals surface area contributed by atoms with E-state index in [-0.39, 0.29) is 15.0 Å². The maximum absolute atomic E-state index is 11.5. The normalized spacial score (nSPS) is 12.6. The molecule has 0 fully saturated rings. The first-order chi connectivity index (χ1) is 7.45. The van der Waals surface area contributed by atoms with E-state index in [1.165, 1.54) is 6.08 Å². The van der Waals surface area contributed by atoms with Crippen LogP contribution < -0.4 is 0 Å². The van der Waals surface area contributed by atoms with Gasteiger partial charge in [0.2, 0.25) is 0 Å². The first-order valence-corrected chi connectivity index (χ1v) is 8.07. The van der Waals surface area contributed by atoms with Crippen LogP contribution >= 0.6 is 34.8 Å². The van der Waals surface area contributed by atoms with E-state index in [1.54, 1.807) is 0 Å². The summed E-state index contributed by atoms with van der Waals surface area (Å²) in [5.74, 6) is 1.51. The summed E-state index contributed by atoms with van der Waals surface area (Å²) in [5.41, 5.74) is 0.993. The predicted molar refractivity (Wildman–Crippen MR) is 71.3 cm³/mol. The van der Waals surface area contributed by atoms with Crippen LogP contribution in [0.15, 0.2) is 36.4 Å². The van der Waals surface area contributed by atoms with Gasteiger partial charge in [-0.15, -0.1) is 0 Å². The zero-order valence-corrected chi connectivity index (χ0v) is 12.4. The fraction of sp³-hybridized carbons (Fsp3) is 0.182. The molecular formula is C11H9Cl3OSe. The monoisotopic (exact) mass is 342 g/mol. The van der Waals surface area contributed by atoms with Gasteiger partial charge in [0.05, 0.1) is 0 Å². The Morgan fingerprint density at radius 1 is 1.25 bits per heavy atom. The number of ketones is 1. The van der Waals surface area contributed by atoms with Crippen LogP contribution in [0.1, 0.15) is 5.56 Å². The van der Waals surface area contributed by atoms with Crippen molar-refractivity contribution in [2.24, 2.45) is 0 Å². The maximum atomic E-state index is 11.5. The number of halogens is 3. The van der Waals surface area contributed by atoms with E-state index in [1.807, 2.05) is 36.2 Å². The molecule has 0 radical (unpaired) electrons. The van der Waals surface area contributed by atoms with Gasteiger partial charge in [0.25, 0.3) is 0 Å². The van der Waals surface area contributed by atoms with Gasteiger partial charge < -0.3 is 0 Å². The summed E-state index contributed by atoms with van der Waals surface area (Å²) >= 11 is 16.7. The summed E-state index contributed by atoms with van der Waals surface area (Å²) in [6, 6.07) is 9.61. The van der Waals surface area contributed by atoms with E-state index >= 15 is 0 Å². The van der Waals surface area contributed by atoms with Crippen molar-refractivity contribution in [3.63, 3.8) is 0 Å². The summed E-state index contributed by atoms with van der Waals surface area (Å²) < 4.78 is -0.949. The Hall–Kier alpha value is 0.0195. The van der Waals surface area contributed by atoms with Gasteiger partial charge in [-0.1, -0.05) is 0 Å². The summed E-state index contributed by atoms with van der Waals surface area (Å²) in [7, 11) is 0. The first-order valence-electron chi connectivity index (χ1n) is 4.37. The van der Waals surface area contributed by atoms with Crippen LogP contribution in [0, 0.1) is 0 Å². The predicted octanol–water partition coefficient (Wildman–Crippen LogP) is 3.72. The van der Waals surface area contributed by atoms with Gasteiger partial charge in [-0.05, 0) is 0 Å². The van der Waals surface area contributed by atoms with Gasteiger partial charge in [0.1, 0.15) is 0 Å². The average Bonchev–Trinajstić information content (AvgIpc) is 2.25. The molecule has 0 aromatic heterocycles. The van der Waals surface area contributed by atoms with Gasteiger partial charge in [0, 0.05) is 0 Å². The number of hydrogen-bond donors (Lipinski definition) is 0. The number of allylic oxidation sites excluding steroid dienone is 1. The molecule has 0 saturated heterocycles. The molecule has 1 nitrogen and oxygen atoms in total. The first kappa shape index (κ1) is 14.1. The van der Waals surface area contributed by atoms with Crippen LogP contribution in [0.25, 0.3) is 4.47 Å². The van der Waals surface area contributed by atoms with Gasteiger partial charge in [-0.2, -0.15) is 0 Å². The standard InChI is InChI=1S/C11H9Cl3OSe/c1-16-9(7-10(15)11(12,13)14)8-5-3-2-4-6-8/h2-7H,1H3/b9-7+. The minimum absolute atomic E-state index is 0.160. The Bertz CT molecular complexity index is 395. The van der Waals surface area contributed by atoms with Gasteiger partial charge >= 0.3 is 116 Å². The van der Waals surface area contributed by atoms with Crippen molar-refractivity contribution >= 4 is 60.0 Å². The van der Waals surface area contributed by atoms with Crippen LogP contribution in [0.2, 0.25) is 5.82 Å². The molecule has 0 aliphatic carbocycles. The van der Waals surface area contributed by atoms with Crippen LogP contribution in [0.4, 0.5) is 0 Å². The molecule has 0 bridgehead atoms. The van der Waals surface area contributed by atoms with E-state index in [0.29, 0.717) is 0 Å². The molecular weight excluding hydrogens is 333 g/mol. The van der Waals surface area contributed by atoms with Gasteiger partial charge in [-0.3, -0.25) is 0 Å². The van der Waals surface area contributed by atoms with Crippen molar-refractivity contribution in [1.29, 1.82) is 0 Å². The van der Waals surface area contributed by atoms with Crippen molar-refractivity contribution in [2.75, 3.05) is 0 Å². The Morgan fingerprint density at radius 3 is 2.25 bits per heavy atom. The van der Waals surface area contributed by atoms with Crippen LogP contribution in [0.5, 0.6) is 0 Å².